The zero-order chi connectivity index (χ0) is 17.8. The van der Waals surface area contributed by atoms with Gasteiger partial charge in [-0.3, -0.25) is 14.8 Å². The zero-order valence-electron chi connectivity index (χ0n) is 14.8. The second-order valence-corrected chi connectivity index (χ2v) is 7.73. The van der Waals surface area contributed by atoms with Crippen molar-refractivity contribution in [1.29, 1.82) is 0 Å². The number of rotatable bonds is 6. The first-order chi connectivity index (χ1) is 12.0. The van der Waals surface area contributed by atoms with Crippen LogP contribution in [0.1, 0.15) is 59.9 Å². The Kier molecular flexibility index (Phi) is 5.91. The summed E-state index contributed by atoms with van der Waals surface area (Å²) in [5, 5.41) is 10.0. The van der Waals surface area contributed by atoms with E-state index in [1.807, 2.05) is 0 Å². The van der Waals surface area contributed by atoms with Crippen molar-refractivity contribution >= 4 is 21.8 Å². The lowest BCUT2D eigenvalue weighted by molar-refractivity contribution is 0.0945. The van der Waals surface area contributed by atoms with Gasteiger partial charge in [0.1, 0.15) is 0 Å². The molecule has 0 saturated carbocycles. The van der Waals surface area contributed by atoms with Crippen molar-refractivity contribution in [3.8, 4) is 0 Å². The normalized spacial score (nSPS) is 15.0. The van der Waals surface area contributed by atoms with E-state index in [2.05, 4.69) is 74.5 Å². The summed E-state index contributed by atoms with van der Waals surface area (Å²) in [5.41, 5.74) is 3.77. The Bertz CT molecular complexity index is 718. The molecule has 5 nitrogen and oxygen atoms in total. The predicted octanol–water partition coefficient (Wildman–Crippen LogP) is 3.82. The molecule has 0 spiro atoms. The van der Waals surface area contributed by atoms with Crippen molar-refractivity contribution in [2.75, 3.05) is 13.1 Å². The van der Waals surface area contributed by atoms with Crippen LogP contribution in [0.2, 0.25) is 0 Å². The Morgan fingerprint density at radius 2 is 1.88 bits per heavy atom. The first kappa shape index (κ1) is 18.1. The molecule has 25 heavy (non-hydrogen) atoms. The minimum Gasteiger partial charge on any atom is -0.347 e. The summed E-state index contributed by atoms with van der Waals surface area (Å²) in [4.78, 5) is 14.8. The molecule has 6 heteroatoms. The third kappa shape index (κ3) is 4.50. The van der Waals surface area contributed by atoms with E-state index in [1.165, 1.54) is 31.5 Å². The van der Waals surface area contributed by atoms with E-state index < -0.39 is 0 Å². The molecule has 1 fully saturated rings. The smallest absolute Gasteiger partial charge is 0.273 e. The summed E-state index contributed by atoms with van der Waals surface area (Å²) >= 11 is 3.47. The molecule has 0 radical (unpaired) electrons. The van der Waals surface area contributed by atoms with Crippen LogP contribution < -0.4 is 5.32 Å². The van der Waals surface area contributed by atoms with Crippen molar-refractivity contribution in [2.45, 2.75) is 45.7 Å². The quantitative estimate of drug-likeness (QED) is 0.768. The Labute approximate surface area is 157 Å². The number of nitrogens with zero attached hydrogens (tertiary/aromatic N) is 2. The van der Waals surface area contributed by atoms with Gasteiger partial charge in [0, 0.05) is 13.1 Å². The number of aromatic nitrogens is 2. The molecule has 0 unspecified atom stereocenters. The number of carbonyl (C=O) groups excluding carboxylic acids is 1. The number of H-pyrrole nitrogens is 1. The minimum absolute atomic E-state index is 0.170. The fraction of sp³-hybridized carbons (Fsp3) is 0.474. The van der Waals surface area contributed by atoms with Gasteiger partial charge in [-0.05, 0) is 58.9 Å². The van der Waals surface area contributed by atoms with E-state index in [-0.39, 0.29) is 11.8 Å². The van der Waals surface area contributed by atoms with Crippen molar-refractivity contribution < 1.29 is 4.79 Å². The lowest BCUT2D eigenvalue weighted by Crippen LogP contribution is -2.23. The first-order valence-electron chi connectivity index (χ1n) is 8.86. The van der Waals surface area contributed by atoms with Crippen LogP contribution >= 0.6 is 15.9 Å². The Hall–Kier alpha value is -1.66. The maximum atomic E-state index is 12.3. The van der Waals surface area contributed by atoms with E-state index in [0.717, 1.165) is 22.3 Å². The molecule has 0 bridgehead atoms. The summed E-state index contributed by atoms with van der Waals surface area (Å²) in [7, 11) is 0. The highest BCUT2D eigenvalue weighted by Crippen LogP contribution is 2.25. The number of hydrogen-bond donors (Lipinski definition) is 2. The topological polar surface area (TPSA) is 61.0 Å². The zero-order valence-corrected chi connectivity index (χ0v) is 16.4. The minimum atomic E-state index is -0.170. The van der Waals surface area contributed by atoms with Crippen LogP contribution in [0, 0.1) is 0 Å². The summed E-state index contributed by atoms with van der Waals surface area (Å²) in [6.45, 7) is 8.04. The van der Waals surface area contributed by atoms with Gasteiger partial charge in [-0.1, -0.05) is 38.1 Å². The van der Waals surface area contributed by atoms with Crippen molar-refractivity contribution in [3.63, 3.8) is 0 Å². The van der Waals surface area contributed by atoms with Gasteiger partial charge < -0.3 is 5.32 Å². The Balaban J connectivity index is 1.55. The van der Waals surface area contributed by atoms with Crippen molar-refractivity contribution in [1.82, 2.24) is 20.4 Å². The Morgan fingerprint density at radius 3 is 2.48 bits per heavy atom. The number of amides is 1. The van der Waals surface area contributed by atoms with Crippen LogP contribution in [-0.2, 0) is 13.1 Å². The van der Waals surface area contributed by atoms with Crippen molar-refractivity contribution in [2.24, 2.45) is 0 Å². The van der Waals surface area contributed by atoms with Gasteiger partial charge in [-0.25, -0.2) is 0 Å². The van der Waals surface area contributed by atoms with Gasteiger partial charge in [0.15, 0.2) is 5.69 Å². The third-order valence-electron chi connectivity index (χ3n) is 4.61. The highest BCUT2D eigenvalue weighted by atomic mass is 79.9. The molecule has 0 atom stereocenters. The lowest BCUT2D eigenvalue weighted by atomic mass is 10.1. The maximum absolute atomic E-state index is 12.3. The van der Waals surface area contributed by atoms with E-state index >= 15 is 0 Å². The standard InChI is InChI=1S/C19H25BrN4O/c1-13(2)17-16(20)18(23-22-17)19(25)21-11-14-5-7-15(8-6-14)12-24-9-3-4-10-24/h5-8,13H,3-4,9-12H2,1-2H3,(H,21,25)(H,22,23). The van der Waals surface area contributed by atoms with Gasteiger partial charge in [0.05, 0.1) is 10.2 Å². The number of benzene rings is 1. The average molecular weight is 405 g/mol. The first-order valence-corrected chi connectivity index (χ1v) is 9.66. The van der Waals surface area contributed by atoms with Gasteiger partial charge >= 0.3 is 0 Å². The van der Waals surface area contributed by atoms with Gasteiger partial charge in [-0.15, -0.1) is 0 Å². The summed E-state index contributed by atoms with van der Waals surface area (Å²) in [6, 6.07) is 8.48. The molecule has 134 valence electrons. The van der Waals surface area contributed by atoms with Gasteiger partial charge in [-0.2, -0.15) is 5.10 Å². The van der Waals surface area contributed by atoms with E-state index in [9.17, 15) is 4.79 Å². The molecule has 1 aliphatic heterocycles. The van der Waals surface area contributed by atoms with E-state index in [4.69, 9.17) is 0 Å². The summed E-state index contributed by atoms with van der Waals surface area (Å²) in [5.74, 6) is 0.114. The SMILES string of the molecule is CC(C)c1[nH]nc(C(=O)NCc2ccc(CN3CCCC3)cc2)c1Br. The van der Waals surface area contributed by atoms with Gasteiger partial charge in [0.25, 0.3) is 5.91 Å². The number of hydrogen-bond acceptors (Lipinski definition) is 3. The second kappa shape index (κ2) is 8.15. The van der Waals surface area contributed by atoms with Crippen molar-refractivity contribution in [3.05, 3.63) is 51.3 Å². The summed E-state index contributed by atoms with van der Waals surface area (Å²) < 4.78 is 0.751. The molecule has 1 aromatic carbocycles. The highest BCUT2D eigenvalue weighted by molar-refractivity contribution is 9.10. The molecule has 1 amide bonds. The molecule has 1 saturated heterocycles. The predicted molar refractivity (Wildman–Crippen MR) is 102 cm³/mol. The fourth-order valence-corrected chi connectivity index (χ4v) is 3.92. The molecule has 1 aromatic heterocycles. The average Bonchev–Trinajstić information content (AvgIpc) is 3.23. The molecule has 2 aromatic rings. The van der Waals surface area contributed by atoms with Gasteiger partial charge in [0.2, 0.25) is 0 Å². The molecule has 1 aliphatic rings. The largest absolute Gasteiger partial charge is 0.347 e. The fourth-order valence-electron chi connectivity index (χ4n) is 3.10. The molecule has 0 aliphatic carbocycles. The molecule has 2 N–H and O–H groups in total. The van der Waals surface area contributed by atoms with Crippen LogP contribution in [0.4, 0.5) is 0 Å². The molecule has 3 rings (SSSR count). The number of aromatic amines is 1. The Morgan fingerprint density at radius 1 is 1.24 bits per heavy atom. The van der Waals surface area contributed by atoms with Crippen LogP contribution in [0.5, 0.6) is 0 Å². The highest BCUT2D eigenvalue weighted by Gasteiger charge is 2.19. The van der Waals surface area contributed by atoms with Crippen LogP contribution in [-0.4, -0.2) is 34.1 Å². The molecular formula is C19H25BrN4O. The van der Waals surface area contributed by atoms with E-state index in [1.54, 1.807) is 0 Å². The van der Waals surface area contributed by atoms with Crippen LogP contribution in [0.25, 0.3) is 0 Å². The molecule has 2 heterocycles. The second-order valence-electron chi connectivity index (χ2n) is 6.94. The number of nitrogens with one attached hydrogen (secondary N) is 2. The van der Waals surface area contributed by atoms with Crippen LogP contribution in [0.3, 0.4) is 0 Å². The number of likely N-dealkylation sites (tertiary alicyclic amines) is 1. The third-order valence-corrected chi connectivity index (χ3v) is 5.41. The summed E-state index contributed by atoms with van der Waals surface area (Å²) in [6.07, 6.45) is 2.62. The number of halogens is 1. The maximum Gasteiger partial charge on any atom is 0.273 e. The monoisotopic (exact) mass is 404 g/mol. The van der Waals surface area contributed by atoms with Crippen LogP contribution in [0.15, 0.2) is 28.7 Å². The molecular weight excluding hydrogens is 380 g/mol. The lowest BCUT2D eigenvalue weighted by Gasteiger charge is -2.14. The number of carbonyl (C=O) groups is 1. The van der Waals surface area contributed by atoms with E-state index in [0.29, 0.717) is 12.2 Å².